The molecule has 0 bridgehead atoms. The number of ether oxygens (including phenoxy) is 1. The summed E-state index contributed by atoms with van der Waals surface area (Å²) in [5.41, 5.74) is -1.40. The Bertz CT molecular complexity index is 507. The summed E-state index contributed by atoms with van der Waals surface area (Å²) in [5, 5.41) is 19.5. The van der Waals surface area contributed by atoms with E-state index in [1.165, 1.54) is 7.11 Å². The zero-order valence-electron chi connectivity index (χ0n) is 14.3. The highest BCUT2D eigenvalue weighted by atomic mass is 32.2. The Labute approximate surface area is 138 Å². The van der Waals surface area contributed by atoms with Gasteiger partial charge in [0.05, 0.1) is 31.0 Å². The van der Waals surface area contributed by atoms with Crippen molar-refractivity contribution in [2.75, 3.05) is 19.5 Å². The molecular formula is C15H29NO6S. The van der Waals surface area contributed by atoms with Crippen LogP contribution in [0.3, 0.4) is 0 Å². The molecular weight excluding hydrogens is 322 g/mol. The van der Waals surface area contributed by atoms with E-state index in [-0.39, 0.29) is 12.2 Å². The lowest BCUT2D eigenvalue weighted by molar-refractivity contribution is -0.156. The minimum atomic E-state index is -3.78. The SMILES string of the molecule is COC(=O)C1(CS(=O)(=O)N[C@H](CO)C[C@H](O)C(C)(C)C)CCC1. The van der Waals surface area contributed by atoms with Crippen LogP contribution >= 0.6 is 0 Å². The van der Waals surface area contributed by atoms with Crippen molar-refractivity contribution >= 4 is 16.0 Å². The van der Waals surface area contributed by atoms with Gasteiger partial charge in [-0.3, -0.25) is 4.79 Å². The number of nitrogens with one attached hydrogen (secondary N) is 1. The van der Waals surface area contributed by atoms with Crippen LogP contribution in [0.25, 0.3) is 0 Å². The average Bonchev–Trinajstić information content (AvgIpc) is 2.39. The second-order valence-corrected chi connectivity index (χ2v) is 9.25. The molecule has 7 nitrogen and oxygen atoms in total. The molecule has 0 spiro atoms. The quantitative estimate of drug-likeness (QED) is 0.546. The Kier molecular flexibility index (Phi) is 6.60. The van der Waals surface area contributed by atoms with Gasteiger partial charge in [-0.2, -0.15) is 0 Å². The number of carbonyl (C=O) groups excluding carboxylic acids is 1. The van der Waals surface area contributed by atoms with Crippen LogP contribution in [-0.2, 0) is 19.6 Å². The molecule has 0 aromatic heterocycles. The minimum absolute atomic E-state index is 0.102. The van der Waals surface area contributed by atoms with E-state index in [1.807, 2.05) is 20.8 Å². The number of aliphatic hydroxyl groups excluding tert-OH is 2. The zero-order chi connectivity index (χ0) is 17.9. The van der Waals surface area contributed by atoms with Crippen LogP contribution < -0.4 is 4.72 Å². The van der Waals surface area contributed by atoms with E-state index < -0.39 is 45.6 Å². The molecule has 0 amide bonds. The van der Waals surface area contributed by atoms with Gasteiger partial charge in [-0.25, -0.2) is 13.1 Å². The Hall–Kier alpha value is -0.700. The summed E-state index contributed by atoms with van der Waals surface area (Å²) in [4.78, 5) is 11.9. The molecule has 3 N–H and O–H groups in total. The summed E-state index contributed by atoms with van der Waals surface area (Å²) in [7, 11) is -2.53. The highest BCUT2D eigenvalue weighted by molar-refractivity contribution is 7.89. The maximum absolute atomic E-state index is 12.3. The third-order valence-electron chi connectivity index (χ3n) is 4.47. The minimum Gasteiger partial charge on any atom is -0.469 e. The number of hydrogen-bond donors (Lipinski definition) is 3. The van der Waals surface area contributed by atoms with Crippen molar-refractivity contribution in [3.8, 4) is 0 Å². The first-order chi connectivity index (χ1) is 10.5. The van der Waals surface area contributed by atoms with Gasteiger partial charge in [-0.15, -0.1) is 0 Å². The van der Waals surface area contributed by atoms with Crippen molar-refractivity contribution < 1.29 is 28.2 Å². The van der Waals surface area contributed by atoms with Crippen LogP contribution in [0.5, 0.6) is 0 Å². The third-order valence-corrected chi connectivity index (χ3v) is 6.09. The van der Waals surface area contributed by atoms with E-state index >= 15 is 0 Å². The Morgan fingerprint density at radius 2 is 1.91 bits per heavy atom. The summed E-state index contributed by atoms with van der Waals surface area (Å²) in [6.45, 7) is 5.08. The van der Waals surface area contributed by atoms with E-state index in [4.69, 9.17) is 4.74 Å². The molecule has 0 unspecified atom stereocenters. The van der Waals surface area contributed by atoms with E-state index in [9.17, 15) is 23.4 Å². The van der Waals surface area contributed by atoms with E-state index in [1.54, 1.807) is 0 Å². The molecule has 0 aliphatic heterocycles. The largest absolute Gasteiger partial charge is 0.469 e. The number of esters is 1. The van der Waals surface area contributed by atoms with Crippen molar-refractivity contribution in [1.29, 1.82) is 0 Å². The van der Waals surface area contributed by atoms with Gasteiger partial charge in [-0.05, 0) is 24.7 Å². The van der Waals surface area contributed by atoms with Crippen molar-refractivity contribution in [1.82, 2.24) is 4.72 Å². The van der Waals surface area contributed by atoms with Gasteiger partial charge in [0.2, 0.25) is 10.0 Å². The monoisotopic (exact) mass is 351 g/mol. The topological polar surface area (TPSA) is 113 Å². The molecule has 1 saturated carbocycles. The first-order valence-corrected chi connectivity index (χ1v) is 9.48. The first kappa shape index (κ1) is 20.3. The predicted molar refractivity (Wildman–Crippen MR) is 86.2 cm³/mol. The molecule has 0 radical (unpaired) electrons. The Balaban J connectivity index is 2.74. The summed E-state index contributed by atoms with van der Waals surface area (Å²) >= 11 is 0. The second kappa shape index (κ2) is 7.46. The molecule has 1 aliphatic rings. The second-order valence-electron chi connectivity index (χ2n) is 7.50. The Morgan fingerprint density at radius 1 is 1.35 bits per heavy atom. The molecule has 0 saturated heterocycles. The number of aliphatic hydroxyl groups is 2. The van der Waals surface area contributed by atoms with E-state index in [2.05, 4.69) is 4.72 Å². The molecule has 1 aliphatic carbocycles. The summed E-state index contributed by atoms with van der Waals surface area (Å²) in [6, 6.07) is -0.788. The highest BCUT2D eigenvalue weighted by Gasteiger charge is 2.48. The fourth-order valence-electron chi connectivity index (χ4n) is 2.67. The van der Waals surface area contributed by atoms with Gasteiger partial charge in [0.15, 0.2) is 0 Å². The van der Waals surface area contributed by atoms with Gasteiger partial charge in [0.25, 0.3) is 0 Å². The molecule has 1 rings (SSSR count). The number of sulfonamides is 1. The summed E-state index contributed by atoms with van der Waals surface area (Å²) in [6.07, 6.45) is 1.09. The van der Waals surface area contributed by atoms with Gasteiger partial charge in [0, 0.05) is 6.04 Å². The molecule has 1 fully saturated rings. The van der Waals surface area contributed by atoms with E-state index in [0.717, 1.165) is 6.42 Å². The fourth-order valence-corrected chi connectivity index (χ4v) is 4.57. The summed E-state index contributed by atoms with van der Waals surface area (Å²) in [5.74, 6) is -0.862. The standard InChI is InChI=1S/C15H29NO6S/c1-14(2,3)12(18)8-11(9-17)16-23(20,21)10-15(6-5-7-15)13(19)22-4/h11-12,16-18H,5-10H2,1-4H3/t11-,12-/m0/s1. The molecule has 2 atom stereocenters. The van der Waals surface area contributed by atoms with Gasteiger partial charge in [0.1, 0.15) is 0 Å². The molecule has 136 valence electrons. The maximum atomic E-state index is 12.3. The average molecular weight is 351 g/mol. The predicted octanol–water partition coefficient (Wildman–Crippen LogP) is 0.407. The molecule has 8 heteroatoms. The van der Waals surface area contributed by atoms with Crippen molar-refractivity contribution in [3.63, 3.8) is 0 Å². The number of methoxy groups -OCH3 is 1. The van der Waals surface area contributed by atoms with Crippen LogP contribution in [0.4, 0.5) is 0 Å². The summed E-state index contributed by atoms with van der Waals surface area (Å²) < 4.78 is 31.8. The van der Waals surface area contributed by atoms with Crippen LogP contribution in [-0.4, -0.2) is 56.2 Å². The van der Waals surface area contributed by atoms with Crippen LogP contribution in [0.15, 0.2) is 0 Å². The zero-order valence-corrected chi connectivity index (χ0v) is 15.1. The van der Waals surface area contributed by atoms with Gasteiger partial charge < -0.3 is 14.9 Å². The van der Waals surface area contributed by atoms with Crippen LogP contribution in [0.2, 0.25) is 0 Å². The lowest BCUT2D eigenvalue weighted by Crippen LogP contribution is -2.50. The molecule has 0 aromatic carbocycles. The van der Waals surface area contributed by atoms with Gasteiger partial charge >= 0.3 is 5.97 Å². The fraction of sp³-hybridized carbons (Fsp3) is 0.933. The lowest BCUT2D eigenvalue weighted by atomic mass is 9.70. The van der Waals surface area contributed by atoms with Crippen molar-refractivity contribution in [2.45, 2.75) is 58.6 Å². The first-order valence-electron chi connectivity index (χ1n) is 7.83. The lowest BCUT2D eigenvalue weighted by Gasteiger charge is -2.38. The number of hydrogen-bond acceptors (Lipinski definition) is 6. The number of carbonyl (C=O) groups is 1. The maximum Gasteiger partial charge on any atom is 0.312 e. The molecule has 0 heterocycles. The van der Waals surface area contributed by atoms with Crippen molar-refractivity contribution in [2.24, 2.45) is 10.8 Å². The van der Waals surface area contributed by atoms with E-state index in [0.29, 0.717) is 12.8 Å². The van der Waals surface area contributed by atoms with Crippen molar-refractivity contribution in [3.05, 3.63) is 0 Å². The van der Waals surface area contributed by atoms with Crippen LogP contribution in [0, 0.1) is 10.8 Å². The molecule has 23 heavy (non-hydrogen) atoms. The third kappa shape index (κ3) is 5.41. The Morgan fingerprint density at radius 3 is 2.26 bits per heavy atom. The normalized spacial score (nSPS) is 20.4. The van der Waals surface area contributed by atoms with Crippen LogP contribution in [0.1, 0.15) is 46.5 Å². The number of rotatable bonds is 8. The van der Waals surface area contributed by atoms with Gasteiger partial charge in [-0.1, -0.05) is 27.2 Å². The smallest absolute Gasteiger partial charge is 0.312 e. The highest BCUT2D eigenvalue weighted by Crippen LogP contribution is 2.43. The molecule has 0 aromatic rings.